The third kappa shape index (κ3) is 4.35. The molecular formula is C16H30N4O. The molecule has 0 aromatic heterocycles. The van der Waals surface area contributed by atoms with E-state index in [1.54, 1.807) is 0 Å². The van der Waals surface area contributed by atoms with Crippen LogP contribution in [-0.2, 0) is 4.79 Å². The van der Waals surface area contributed by atoms with Gasteiger partial charge in [0, 0.05) is 32.6 Å². The Bertz CT molecular complexity index is 376. The van der Waals surface area contributed by atoms with E-state index in [0.717, 1.165) is 38.6 Å². The van der Waals surface area contributed by atoms with E-state index in [1.807, 2.05) is 0 Å². The molecule has 0 bridgehead atoms. The van der Waals surface area contributed by atoms with Gasteiger partial charge in [-0.3, -0.25) is 9.79 Å². The van der Waals surface area contributed by atoms with E-state index >= 15 is 0 Å². The van der Waals surface area contributed by atoms with Crippen molar-refractivity contribution < 1.29 is 4.79 Å². The molecule has 0 aromatic carbocycles. The standard InChI is InChI=1S/C16H30N4O/c1-3-10-18-14(21)6-11-19-15(17-4-2)20-12-9-16(13-20)7-5-8-16/h3-13H2,1-2H3,(H,17,19)(H,18,21). The van der Waals surface area contributed by atoms with E-state index in [-0.39, 0.29) is 5.91 Å². The van der Waals surface area contributed by atoms with Gasteiger partial charge in [0.15, 0.2) is 5.96 Å². The van der Waals surface area contributed by atoms with Gasteiger partial charge in [-0.05, 0) is 38.0 Å². The van der Waals surface area contributed by atoms with Crippen LogP contribution in [0.25, 0.3) is 0 Å². The van der Waals surface area contributed by atoms with Gasteiger partial charge in [0.25, 0.3) is 0 Å². The zero-order valence-corrected chi connectivity index (χ0v) is 13.6. The first kappa shape index (κ1) is 16.1. The normalized spacial score (nSPS) is 20.5. The number of rotatable bonds is 6. The van der Waals surface area contributed by atoms with E-state index < -0.39 is 0 Å². The lowest BCUT2D eigenvalue weighted by Crippen LogP contribution is -2.42. The van der Waals surface area contributed by atoms with Crippen LogP contribution in [0.5, 0.6) is 0 Å². The number of hydrogen-bond acceptors (Lipinski definition) is 2. The summed E-state index contributed by atoms with van der Waals surface area (Å²) in [6.07, 6.45) is 6.90. The van der Waals surface area contributed by atoms with Crippen molar-refractivity contribution >= 4 is 11.9 Å². The molecule has 1 aliphatic heterocycles. The predicted molar refractivity (Wildman–Crippen MR) is 86.4 cm³/mol. The molecule has 1 aliphatic carbocycles. The molecule has 120 valence electrons. The molecule has 0 aromatic rings. The second-order valence-corrected chi connectivity index (χ2v) is 6.36. The molecule has 1 saturated heterocycles. The maximum atomic E-state index is 11.6. The molecule has 21 heavy (non-hydrogen) atoms. The van der Waals surface area contributed by atoms with Crippen LogP contribution in [0, 0.1) is 5.41 Å². The number of nitrogens with zero attached hydrogens (tertiary/aromatic N) is 2. The van der Waals surface area contributed by atoms with E-state index in [1.165, 1.54) is 25.7 Å². The van der Waals surface area contributed by atoms with Gasteiger partial charge in [0.1, 0.15) is 0 Å². The second kappa shape index (κ2) is 7.66. The van der Waals surface area contributed by atoms with Gasteiger partial charge in [-0.1, -0.05) is 13.3 Å². The molecule has 2 N–H and O–H groups in total. The van der Waals surface area contributed by atoms with Crippen molar-refractivity contribution in [2.45, 2.75) is 52.4 Å². The Morgan fingerprint density at radius 1 is 1.24 bits per heavy atom. The van der Waals surface area contributed by atoms with Gasteiger partial charge >= 0.3 is 0 Å². The van der Waals surface area contributed by atoms with Gasteiger partial charge in [-0.2, -0.15) is 0 Å². The van der Waals surface area contributed by atoms with Crippen LogP contribution in [-0.4, -0.2) is 49.5 Å². The van der Waals surface area contributed by atoms with Crippen molar-refractivity contribution in [2.75, 3.05) is 32.7 Å². The van der Waals surface area contributed by atoms with Crippen molar-refractivity contribution in [3.63, 3.8) is 0 Å². The SMILES string of the molecule is CCCNC(=O)CCN=C(NCC)N1CCC2(CCC2)C1. The monoisotopic (exact) mass is 294 g/mol. The molecule has 1 saturated carbocycles. The van der Waals surface area contributed by atoms with Crippen LogP contribution in [0.15, 0.2) is 4.99 Å². The predicted octanol–water partition coefficient (Wildman–Crippen LogP) is 1.74. The molecule has 5 nitrogen and oxygen atoms in total. The Morgan fingerprint density at radius 3 is 2.62 bits per heavy atom. The zero-order chi connectivity index (χ0) is 15.1. The van der Waals surface area contributed by atoms with Gasteiger partial charge in [0.2, 0.25) is 5.91 Å². The highest BCUT2D eigenvalue weighted by atomic mass is 16.1. The van der Waals surface area contributed by atoms with Crippen molar-refractivity contribution in [2.24, 2.45) is 10.4 Å². The quantitative estimate of drug-likeness (QED) is 0.579. The third-order valence-corrected chi connectivity index (χ3v) is 4.66. The number of amides is 1. The number of guanidine groups is 1. The molecule has 0 radical (unpaired) electrons. The van der Waals surface area contributed by atoms with Crippen LogP contribution in [0.3, 0.4) is 0 Å². The van der Waals surface area contributed by atoms with Crippen molar-refractivity contribution in [1.29, 1.82) is 0 Å². The number of nitrogens with one attached hydrogen (secondary N) is 2. The lowest BCUT2D eigenvalue weighted by atomic mass is 9.68. The van der Waals surface area contributed by atoms with E-state index in [2.05, 4.69) is 34.4 Å². The van der Waals surface area contributed by atoms with Crippen molar-refractivity contribution in [3.05, 3.63) is 0 Å². The Kier molecular flexibility index (Phi) is 5.88. The summed E-state index contributed by atoms with van der Waals surface area (Å²) >= 11 is 0. The van der Waals surface area contributed by atoms with Crippen LogP contribution in [0.1, 0.15) is 52.4 Å². The summed E-state index contributed by atoms with van der Waals surface area (Å²) in [5.74, 6) is 1.10. The molecule has 1 heterocycles. The lowest BCUT2D eigenvalue weighted by Gasteiger charge is -2.38. The third-order valence-electron chi connectivity index (χ3n) is 4.66. The zero-order valence-electron chi connectivity index (χ0n) is 13.6. The molecule has 1 amide bonds. The average molecular weight is 294 g/mol. The van der Waals surface area contributed by atoms with Crippen LogP contribution < -0.4 is 10.6 Å². The van der Waals surface area contributed by atoms with Crippen LogP contribution in [0.4, 0.5) is 0 Å². The molecule has 5 heteroatoms. The number of likely N-dealkylation sites (tertiary alicyclic amines) is 1. The van der Waals surface area contributed by atoms with Crippen LogP contribution >= 0.6 is 0 Å². The summed E-state index contributed by atoms with van der Waals surface area (Å²) < 4.78 is 0. The summed E-state index contributed by atoms with van der Waals surface area (Å²) in [5.41, 5.74) is 0.578. The highest BCUT2D eigenvalue weighted by Crippen LogP contribution is 2.47. The van der Waals surface area contributed by atoms with Gasteiger partial charge in [0.05, 0.1) is 6.54 Å². The number of aliphatic imine (C=N–C) groups is 1. The first-order chi connectivity index (χ1) is 10.2. The Hall–Kier alpha value is -1.26. The molecule has 2 fully saturated rings. The first-order valence-corrected chi connectivity index (χ1v) is 8.49. The maximum absolute atomic E-state index is 11.6. The minimum Gasteiger partial charge on any atom is -0.357 e. The molecule has 1 spiro atoms. The number of carbonyl (C=O) groups is 1. The summed E-state index contributed by atoms with van der Waals surface area (Å²) in [6, 6.07) is 0. The minimum absolute atomic E-state index is 0.105. The smallest absolute Gasteiger partial charge is 0.221 e. The highest BCUT2D eigenvalue weighted by molar-refractivity contribution is 5.81. The highest BCUT2D eigenvalue weighted by Gasteiger charge is 2.43. The molecule has 2 aliphatic rings. The molecular weight excluding hydrogens is 264 g/mol. The fourth-order valence-electron chi connectivity index (χ4n) is 3.24. The van der Waals surface area contributed by atoms with Gasteiger partial charge < -0.3 is 15.5 Å². The molecule has 0 unspecified atom stereocenters. The van der Waals surface area contributed by atoms with Crippen molar-refractivity contribution in [3.8, 4) is 0 Å². The average Bonchev–Trinajstić information content (AvgIpc) is 2.89. The van der Waals surface area contributed by atoms with E-state index in [9.17, 15) is 4.79 Å². The fraction of sp³-hybridized carbons (Fsp3) is 0.875. The molecule has 0 atom stereocenters. The van der Waals surface area contributed by atoms with Gasteiger partial charge in [-0.15, -0.1) is 0 Å². The largest absolute Gasteiger partial charge is 0.357 e. The van der Waals surface area contributed by atoms with E-state index in [0.29, 0.717) is 18.4 Å². The Morgan fingerprint density at radius 2 is 2.05 bits per heavy atom. The second-order valence-electron chi connectivity index (χ2n) is 6.36. The van der Waals surface area contributed by atoms with Gasteiger partial charge in [-0.25, -0.2) is 0 Å². The lowest BCUT2D eigenvalue weighted by molar-refractivity contribution is -0.120. The van der Waals surface area contributed by atoms with E-state index in [4.69, 9.17) is 0 Å². The molecule has 2 rings (SSSR count). The fourth-order valence-corrected chi connectivity index (χ4v) is 3.24. The Balaban J connectivity index is 1.80. The first-order valence-electron chi connectivity index (χ1n) is 8.49. The summed E-state index contributed by atoms with van der Waals surface area (Å²) in [6.45, 7) is 8.61. The Labute approximate surface area is 128 Å². The topological polar surface area (TPSA) is 56.7 Å². The van der Waals surface area contributed by atoms with Crippen LogP contribution in [0.2, 0.25) is 0 Å². The summed E-state index contributed by atoms with van der Waals surface area (Å²) in [4.78, 5) is 18.6. The number of hydrogen-bond donors (Lipinski definition) is 2. The maximum Gasteiger partial charge on any atom is 0.221 e. The number of carbonyl (C=O) groups excluding carboxylic acids is 1. The summed E-state index contributed by atoms with van der Waals surface area (Å²) in [5, 5.41) is 6.27. The minimum atomic E-state index is 0.105. The van der Waals surface area contributed by atoms with Crippen molar-refractivity contribution in [1.82, 2.24) is 15.5 Å². The summed E-state index contributed by atoms with van der Waals surface area (Å²) in [7, 11) is 0.